The van der Waals surface area contributed by atoms with E-state index in [1.54, 1.807) is 24.7 Å². The Bertz CT molecular complexity index is 1140. The Morgan fingerprint density at radius 1 is 0.967 bits per heavy atom. The molecule has 0 saturated carbocycles. The molecule has 0 aliphatic heterocycles. The average molecular weight is 397 g/mol. The first-order chi connectivity index (χ1) is 14.7. The van der Waals surface area contributed by atoms with Gasteiger partial charge in [-0.3, -0.25) is 4.79 Å². The molecule has 0 aliphatic carbocycles. The lowest BCUT2D eigenvalue weighted by atomic mass is 9.98. The maximum absolute atomic E-state index is 13.8. The van der Waals surface area contributed by atoms with Crippen LogP contribution in [0.3, 0.4) is 0 Å². The topological polar surface area (TPSA) is 46.9 Å². The van der Waals surface area contributed by atoms with E-state index in [4.69, 9.17) is 0 Å². The standard InChI is InChI=1S/C25H20FN3O/c26-22-8-4-7-21(17-22)25(29-16-15-27-18-29)20-10-12-23(13-11-20)28-24(30)14-9-19-5-2-1-3-6-19/h1-18,25H,(H,28,30)/b14-9-. The number of imidazole rings is 1. The molecule has 5 heteroatoms. The van der Waals surface area contributed by atoms with Crippen LogP contribution in [0.15, 0.2) is 104 Å². The highest BCUT2D eigenvalue weighted by Crippen LogP contribution is 2.28. The number of rotatable bonds is 6. The minimum atomic E-state index is -0.285. The Kier molecular flexibility index (Phi) is 5.80. The summed E-state index contributed by atoms with van der Waals surface area (Å²) in [6, 6.07) is 23.5. The third-order valence-corrected chi connectivity index (χ3v) is 4.71. The van der Waals surface area contributed by atoms with Crippen molar-refractivity contribution in [3.8, 4) is 0 Å². The second-order valence-electron chi connectivity index (χ2n) is 6.82. The second kappa shape index (κ2) is 9.01. The van der Waals surface area contributed by atoms with E-state index in [1.165, 1.54) is 18.2 Å². The molecule has 0 aliphatic rings. The number of amides is 1. The number of carbonyl (C=O) groups excluding carboxylic acids is 1. The van der Waals surface area contributed by atoms with E-state index >= 15 is 0 Å². The van der Waals surface area contributed by atoms with Crippen LogP contribution in [0.25, 0.3) is 6.08 Å². The van der Waals surface area contributed by atoms with Gasteiger partial charge in [-0.2, -0.15) is 0 Å². The first kappa shape index (κ1) is 19.3. The van der Waals surface area contributed by atoms with Crippen LogP contribution in [0.5, 0.6) is 0 Å². The monoisotopic (exact) mass is 397 g/mol. The fraction of sp³-hybridized carbons (Fsp3) is 0.0400. The van der Waals surface area contributed by atoms with Crippen LogP contribution in [0.1, 0.15) is 22.7 Å². The third kappa shape index (κ3) is 4.70. The fourth-order valence-corrected chi connectivity index (χ4v) is 3.30. The van der Waals surface area contributed by atoms with Crippen molar-refractivity contribution in [2.45, 2.75) is 6.04 Å². The van der Waals surface area contributed by atoms with Crippen LogP contribution in [0.4, 0.5) is 10.1 Å². The lowest BCUT2D eigenvalue weighted by molar-refractivity contribution is -0.111. The number of hydrogen-bond donors (Lipinski definition) is 1. The molecule has 1 heterocycles. The van der Waals surface area contributed by atoms with Crippen LogP contribution in [-0.2, 0) is 4.79 Å². The molecule has 30 heavy (non-hydrogen) atoms. The minimum Gasteiger partial charge on any atom is -0.326 e. The van der Waals surface area contributed by atoms with E-state index in [-0.39, 0.29) is 17.8 Å². The number of hydrogen-bond acceptors (Lipinski definition) is 2. The van der Waals surface area contributed by atoms with Gasteiger partial charge in [-0.15, -0.1) is 0 Å². The molecule has 1 atom stereocenters. The molecule has 1 N–H and O–H groups in total. The van der Waals surface area contributed by atoms with Crippen LogP contribution in [0, 0.1) is 5.82 Å². The molecule has 1 unspecified atom stereocenters. The lowest BCUT2D eigenvalue weighted by Crippen LogP contribution is -2.12. The highest BCUT2D eigenvalue weighted by Gasteiger charge is 2.16. The van der Waals surface area contributed by atoms with E-state index in [2.05, 4.69) is 10.3 Å². The normalized spacial score (nSPS) is 12.0. The van der Waals surface area contributed by atoms with E-state index < -0.39 is 0 Å². The largest absolute Gasteiger partial charge is 0.326 e. The Morgan fingerprint density at radius 3 is 2.47 bits per heavy atom. The smallest absolute Gasteiger partial charge is 0.248 e. The van der Waals surface area contributed by atoms with E-state index in [1.807, 2.05) is 71.4 Å². The molecular weight excluding hydrogens is 377 g/mol. The highest BCUT2D eigenvalue weighted by atomic mass is 19.1. The van der Waals surface area contributed by atoms with Crippen LogP contribution in [-0.4, -0.2) is 15.5 Å². The summed E-state index contributed by atoms with van der Waals surface area (Å²) in [5.41, 5.74) is 3.42. The van der Waals surface area contributed by atoms with Crippen molar-refractivity contribution >= 4 is 17.7 Å². The number of anilines is 1. The molecule has 3 aromatic carbocycles. The summed E-state index contributed by atoms with van der Waals surface area (Å²) in [5.74, 6) is -0.491. The summed E-state index contributed by atoms with van der Waals surface area (Å²) in [7, 11) is 0. The van der Waals surface area contributed by atoms with Gasteiger partial charge in [-0.05, 0) is 47.0 Å². The zero-order chi connectivity index (χ0) is 20.8. The van der Waals surface area contributed by atoms with Crippen LogP contribution >= 0.6 is 0 Å². The molecule has 4 rings (SSSR count). The predicted molar refractivity (Wildman–Crippen MR) is 116 cm³/mol. The summed E-state index contributed by atoms with van der Waals surface area (Å²) in [4.78, 5) is 16.3. The molecule has 4 aromatic rings. The van der Waals surface area contributed by atoms with Crippen molar-refractivity contribution < 1.29 is 9.18 Å². The third-order valence-electron chi connectivity index (χ3n) is 4.71. The van der Waals surface area contributed by atoms with Gasteiger partial charge in [0.1, 0.15) is 5.82 Å². The maximum Gasteiger partial charge on any atom is 0.248 e. The van der Waals surface area contributed by atoms with E-state index in [0.29, 0.717) is 5.69 Å². The average Bonchev–Trinajstić information content (AvgIpc) is 3.29. The Morgan fingerprint density at radius 2 is 1.77 bits per heavy atom. The fourth-order valence-electron chi connectivity index (χ4n) is 3.30. The summed E-state index contributed by atoms with van der Waals surface area (Å²) >= 11 is 0. The SMILES string of the molecule is O=C(/C=C\c1ccccc1)Nc1ccc(C(c2cccc(F)c2)n2ccnc2)cc1. The van der Waals surface area contributed by atoms with Gasteiger partial charge < -0.3 is 9.88 Å². The van der Waals surface area contributed by atoms with Gasteiger partial charge in [0.05, 0.1) is 12.4 Å². The Labute approximate surface area is 174 Å². The molecule has 148 valence electrons. The quantitative estimate of drug-likeness (QED) is 0.448. The number of carbonyl (C=O) groups is 1. The molecule has 0 saturated heterocycles. The summed E-state index contributed by atoms with van der Waals surface area (Å²) in [6.45, 7) is 0. The van der Waals surface area contributed by atoms with E-state index in [9.17, 15) is 9.18 Å². The molecule has 1 aromatic heterocycles. The molecule has 0 fully saturated rings. The van der Waals surface area contributed by atoms with Gasteiger partial charge in [-0.1, -0.05) is 54.6 Å². The maximum atomic E-state index is 13.8. The van der Waals surface area contributed by atoms with Crippen LogP contribution in [0.2, 0.25) is 0 Å². The molecule has 4 nitrogen and oxygen atoms in total. The number of nitrogens with one attached hydrogen (secondary N) is 1. The van der Waals surface area contributed by atoms with Crippen molar-refractivity contribution in [3.05, 3.63) is 126 Å². The van der Waals surface area contributed by atoms with Crippen molar-refractivity contribution in [2.75, 3.05) is 5.32 Å². The minimum absolute atomic E-state index is 0.206. The van der Waals surface area contributed by atoms with Gasteiger partial charge in [-0.25, -0.2) is 9.37 Å². The van der Waals surface area contributed by atoms with Gasteiger partial charge in [0, 0.05) is 24.2 Å². The zero-order valence-corrected chi connectivity index (χ0v) is 16.2. The zero-order valence-electron chi connectivity index (χ0n) is 16.2. The lowest BCUT2D eigenvalue weighted by Gasteiger charge is -2.20. The van der Waals surface area contributed by atoms with Gasteiger partial charge >= 0.3 is 0 Å². The molecule has 0 bridgehead atoms. The van der Waals surface area contributed by atoms with Crippen LogP contribution < -0.4 is 5.32 Å². The van der Waals surface area contributed by atoms with Crippen molar-refractivity contribution in [1.82, 2.24) is 9.55 Å². The molecule has 1 amide bonds. The predicted octanol–water partition coefficient (Wildman–Crippen LogP) is 5.31. The highest BCUT2D eigenvalue weighted by molar-refractivity contribution is 6.01. The van der Waals surface area contributed by atoms with Gasteiger partial charge in [0.2, 0.25) is 5.91 Å². The van der Waals surface area contributed by atoms with E-state index in [0.717, 1.165) is 16.7 Å². The van der Waals surface area contributed by atoms with Crippen molar-refractivity contribution in [3.63, 3.8) is 0 Å². The summed E-state index contributed by atoms with van der Waals surface area (Å²) in [5, 5.41) is 2.86. The molecule has 0 radical (unpaired) electrons. The molecular formula is C25H20FN3O. The van der Waals surface area contributed by atoms with Crippen molar-refractivity contribution in [2.24, 2.45) is 0 Å². The van der Waals surface area contributed by atoms with Gasteiger partial charge in [0.25, 0.3) is 0 Å². The second-order valence-corrected chi connectivity index (χ2v) is 6.82. The molecule has 0 spiro atoms. The number of aromatic nitrogens is 2. The summed E-state index contributed by atoms with van der Waals surface area (Å²) < 4.78 is 15.7. The first-order valence-corrected chi connectivity index (χ1v) is 9.56. The first-order valence-electron chi connectivity index (χ1n) is 9.56. The summed E-state index contributed by atoms with van der Waals surface area (Å²) in [6.07, 6.45) is 8.52. The van der Waals surface area contributed by atoms with Gasteiger partial charge in [0.15, 0.2) is 0 Å². The Hall–Kier alpha value is -3.99. The number of halogens is 1. The number of benzene rings is 3. The van der Waals surface area contributed by atoms with Crippen molar-refractivity contribution in [1.29, 1.82) is 0 Å². The number of nitrogens with zero attached hydrogens (tertiary/aromatic N) is 2. The Balaban J connectivity index is 1.52.